The highest BCUT2D eigenvalue weighted by Crippen LogP contribution is 2.30. The van der Waals surface area contributed by atoms with Crippen molar-refractivity contribution in [2.24, 2.45) is 5.92 Å². The van der Waals surface area contributed by atoms with Crippen molar-refractivity contribution in [3.63, 3.8) is 0 Å². The lowest BCUT2D eigenvalue weighted by molar-refractivity contribution is -0.123. The SMILES string of the molecule is Nc1ccc2c(N3CCC(NC(=O)C4CC4)CC3)ncnc2n1. The van der Waals surface area contributed by atoms with E-state index < -0.39 is 0 Å². The molecule has 1 saturated heterocycles. The Morgan fingerprint density at radius 3 is 2.70 bits per heavy atom. The van der Waals surface area contributed by atoms with Gasteiger partial charge in [-0.15, -0.1) is 0 Å². The Balaban J connectivity index is 1.46. The van der Waals surface area contributed by atoms with E-state index in [1.54, 1.807) is 6.07 Å². The summed E-state index contributed by atoms with van der Waals surface area (Å²) in [4.78, 5) is 27.0. The second-order valence-corrected chi connectivity index (χ2v) is 6.35. The van der Waals surface area contributed by atoms with Gasteiger partial charge in [0.05, 0.1) is 5.39 Å². The molecule has 23 heavy (non-hydrogen) atoms. The third-order valence-electron chi connectivity index (χ3n) is 4.59. The molecule has 3 N–H and O–H groups in total. The number of hydrogen-bond acceptors (Lipinski definition) is 6. The molecule has 2 aromatic heterocycles. The fourth-order valence-corrected chi connectivity index (χ4v) is 3.10. The van der Waals surface area contributed by atoms with Crippen LogP contribution in [0.3, 0.4) is 0 Å². The molecule has 1 amide bonds. The van der Waals surface area contributed by atoms with Crippen LogP contribution in [0, 0.1) is 5.92 Å². The van der Waals surface area contributed by atoms with Crippen LogP contribution >= 0.6 is 0 Å². The molecule has 1 saturated carbocycles. The monoisotopic (exact) mass is 312 g/mol. The number of piperidine rings is 1. The maximum Gasteiger partial charge on any atom is 0.223 e. The molecule has 3 heterocycles. The quantitative estimate of drug-likeness (QED) is 0.881. The van der Waals surface area contributed by atoms with E-state index in [1.165, 1.54) is 6.33 Å². The van der Waals surface area contributed by atoms with E-state index in [1.807, 2.05) is 6.07 Å². The zero-order valence-electron chi connectivity index (χ0n) is 12.9. The summed E-state index contributed by atoms with van der Waals surface area (Å²) < 4.78 is 0. The molecule has 0 spiro atoms. The summed E-state index contributed by atoms with van der Waals surface area (Å²) in [6.07, 6.45) is 5.51. The summed E-state index contributed by atoms with van der Waals surface area (Å²) in [5, 5.41) is 4.09. The van der Waals surface area contributed by atoms with Crippen molar-refractivity contribution >= 4 is 28.6 Å². The molecular weight excluding hydrogens is 292 g/mol. The molecule has 0 unspecified atom stereocenters. The Labute approximate surface area is 134 Å². The number of fused-ring (bicyclic) bond motifs is 1. The first-order chi connectivity index (χ1) is 11.2. The summed E-state index contributed by atoms with van der Waals surface area (Å²) in [7, 11) is 0. The largest absolute Gasteiger partial charge is 0.384 e. The van der Waals surface area contributed by atoms with Crippen molar-refractivity contribution in [3.05, 3.63) is 18.5 Å². The Kier molecular flexibility index (Phi) is 3.48. The predicted octanol–water partition coefficient (Wildman–Crippen LogP) is 1.10. The molecule has 120 valence electrons. The van der Waals surface area contributed by atoms with E-state index in [0.717, 1.165) is 50.0 Å². The van der Waals surface area contributed by atoms with Crippen molar-refractivity contribution in [2.45, 2.75) is 31.7 Å². The van der Waals surface area contributed by atoms with E-state index in [4.69, 9.17) is 5.73 Å². The van der Waals surface area contributed by atoms with Gasteiger partial charge < -0.3 is 16.0 Å². The normalized spacial score (nSPS) is 19.0. The standard InChI is InChI=1S/C16H20N6O/c17-13-4-3-12-14(21-13)18-9-19-15(12)22-7-5-11(6-8-22)20-16(23)10-1-2-10/h3-4,9-11H,1-2,5-8H2,(H,20,23)(H2,17,18,19,21). The highest BCUT2D eigenvalue weighted by atomic mass is 16.2. The third-order valence-corrected chi connectivity index (χ3v) is 4.59. The first kappa shape index (κ1) is 14.2. The molecule has 7 heteroatoms. The summed E-state index contributed by atoms with van der Waals surface area (Å²) in [6, 6.07) is 3.98. The van der Waals surface area contributed by atoms with Crippen molar-refractivity contribution < 1.29 is 4.79 Å². The number of amides is 1. The highest BCUT2D eigenvalue weighted by molar-refractivity contribution is 5.87. The molecule has 1 aliphatic heterocycles. The van der Waals surface area contributed by atoms with Crippen molar-refractivity contribution in [1.29, 1.82) is 0 Å². The molecule has 2 fully saturated rings. The van der Waals surface area contributed by atoms with Gasteiger partial charge in [-0.1, -0.05) is 0 Å². The fourth-order valence-electron chi connectivity index (χ4n) is 3.10. The molecule has 0 bridgehead atoms. The van der Waals surface area contributed by atoms with Crippen LogP contribution in [-0.4, -0.2) is 40.0 Å². The van der Waals surface area contributed by atoms with Gasteiger partial charge in [0.1, 0.15) is 18.0 Å². The topological polar surface area (TPSA) is 97.0 Å². The first-order valence-electron chi connectivity index (χ1n) is 8.13. The van der Waals surface area contributed by atoms with Crippen LogP contribution < -0.4 is 16.0 Å². The van der Waals surface area contributed by atoms with Crippen molar-refractivity contribution in [1.82, 2.24) is 20.3 Å². The lowest BCUT2D eigenvalue weighted by atomic mass is 10.0. The van der Waals surface area contributed by atoms with Gasteiger partial charge in [0.2, 0.25) is 5.91 Å². The van der Waals surface area contributed by atoms with Crippen molar-refractivity contribution in [2.75, 3.05) is 23.7 Å². The van der Waals surface area contributed by atoms with Gasteiger partial charge in [-0.25, -0.2) is 15.0 Å². The zero-order valence-corrected chi connectivity index (χ0v) is 12.9. The Hall–Kier alpha value is -2.44. The number of nitrogen functional groups attached to an aromatic ring is 1. The molecule has 2 aliphatic rings. The van der Waals surface area contributed by atoms with Crippen LogP contribution in [0.4, 0.5) is 11.6 Å². The number of aromatic nitrogens is 3. The van der Waals surface area contributed by atoms with Crippen molar-refractivity contribution in [3.8, 4) is 0 Å². The summed E-state index contributed by atoms with van der Waals surface area (Å²) in [6.45, 7) is 1.73. The molecule has 0 aromatic carbocycles. The van der Waals surface area contributed by atoms with Gasteiger partial charge in [-0.2, -0.15) is 0 Å². The van der Waals surface area contributed by atoms with E-state index in [2.05, 4.69) is 25.2 Å². The number of nitrogens with two attached hydrogens (primary N) is 1. The maximum atomic E-state index is 11.9. The van der Waals surface area contributed by atoms with Crippen LogP contribution in [0.5, 0.6) is 0 Å². The maximum absolute atomic E-state index is 11.9. The molecule has 7 nitrogen and oxygen atoms in total. The van der Waals surface area contributed by atoms with Gasteiger partial charge >= 0.3 is 0 Å². The molecular formula is C16H20N6O. The Bertz CT molecular complexity index is 736. The average molecular weight is 312 g/mol. The number of nitrogens with one attached hydrogen (secondary N) is 1. The number of anilines is 2. The van der Waals surface area contributed by atoms with E-state index in [9.17, 15) is 4.79 Å². The fraction of sp³-hybridized carbons (Fsp3) is 0.500. The van der Waals surface area contributed by atoms with Gasteiger partial charge in [-0.05, 0) is 37.8 Å². The summed E-state index contributed by atoms with van der Waals surface area (Å²) in [5.41, 5.74) is 6.35. The molecule has 2 aromatic rings. The van der Waals surface area contributed by atoms with Gasteiger partial charge in [-0.3, -0.25) is 4.79 Å². The average Bonchev–Trinajstić information content (AvgIpc) is 3.40. The number of nitrogens with zero attached hydrogens (tertiary/aromatic N) is 4. The Morgan fingerprint density at radius 2 is 1.96 bits per heavy atom. The van der Waals surface area contributed by atoms with E-state index in [0.29, 0.717) is 11.5 Å². The minimum Gasteiger partial charge on any atom is -0.384 e. The molecule has 0 radical (unpaired) electrons. The minimum absolute atomic E-state index is 0.232. The lowest BCUT2D eigenvalue weighted by Crippen LogP contribution is -2.45. The van der Waals surface area contributed by atoms with Gasteiger partial charge in [0, 0.05) is 25.0 Å². The molecule has 1 aliphatic carbocycles. The van der Waals surface area contributed by atoms with Gasteiger partial charge in [0.15, 0.2) is 5.65 Å². The first-order valence-corrected chi connectivity index (χ1v) is 8.13. The number of pyridine rings is 1. The number of hydrogen-bond donors (Lipinski definition) is 2. The second-order valence-electron chi connectivity index (χ2n) is 6.35. The van der Waals surface area contributed by atoms with Crippen LogP contribution in [0.1, 0.15) is 25.7 Å². The van der Waals surface area contributed by atoms with Crippen LogP contribution in [0.2, 0.25) is 0 Å². The smallest absolute Gasteiger partial charge is 0.223 e. The number of carbonyl (C=O) groups is 1. The van der Waals surface area contributed by atoms with Gasteiger partial charge in [0.25, 0.3) is 0 Å². The Morgan fingerprint density at radius 1 is 1.17 bits per heavy atom. The van der Waals surface area contributed by atoms with E-state index >= 15 is 0 Å². The zero-order chi connectivity index (χ0) is 15.8. The predicted molar refractivity (Wildman–Crippen MR) is 87.8 cm³/mol. The van der Waals surface area contributed by atoms with Crippen LogP contribution in [-0.2, 0) is 4.79 Å². The minimum atomic E-state index is 0.232. The van der Waals surface area contributed by atoms with Crippen LogP contribution in [0.25, 0.3) is 11.0 Å². The second kappa shape index (κ2) is 5.64. The summed E-state index contributed by atoms with van der Waals surface area (Å²) >= 11 is 0. The third kappa shape index (κ3) is 2.91. The lowest BCUT2D eigenvalue weighted by Gasteiger charge is -2.33. The van der Waals surface area contributed by atoms with E-state index in [-0.39, 0.29) is 17.9 Å². The number of rotatable bonds is 3. The highest BCUT2D eigenvalue weighted by Gasteiger charge is 2.32. The van der Waals surface area contributed by atoms with Crippen LogP contribution in [0.15, 0.2) is 18.5 Å². The molecule has 0 atom stereocenters. The molecule has 4 rings (SSSR count). The summed E-state index contributed by atoms with van der Waals surface area (Å²) in [5.74, 6) is 1.86. The number of carbonyl (C=O) groups excluding carboxylic acids is 1.